The number of tetrazole rings is 1. The molecule has 0 aliphatic rings. The molecule has 0 aliphatic heterocycles. The van der Waals surface area contributed by atoms with Crippen molar-refractivity contribution in [3.8, 4) is 5.69 Å². The zero-order chi connectivity index (χ0) is 10.7. The lowest BCUT2D eigenvalue weighted by Crippen LogP contribution is -2.20. The standard InChI is InChI=1S/C9H9N5O/c1-10-9(15)7-4-2-3-5-8(7)14-6-11-12-13-14/h2-6H,1H3,(H,10,15). The van der Waals surface area contributed by atoms with Gasteiger partial charge in [0.2, 0.25) is 0 Å². The largest absolute Gasteiger partial charge is 0.355 e. The number of hydrogen-bond donors (Lipinski definition) is 1. The molecule has 0 atom stereocenters. The van der Waals surface area contributed by atoms with Crippen molar-refractivity contribution >= 4 is 5.91 Å². The van der Waals surface area contributed by atoms with Crippen LogP contribution in [0.25, 0.3) is 5.69 Å². The summed E-state index contributed by atoms with van der Waals surface area (Å²) in [6, 6.07) is 7.11. The number of amides is 1. The Balaban J connectivity index is 2.52. The van der Waals surface area contributed by atoms with Crippen LogP contribution in [0.2, 0.25) is 0 Å². The quantitative estimate of drug-likeness (QED) is 0.746. The SMILES string of the molecule is CNC(=O)c1ccccc1-n1cnnn1. The molecule has 0 spiro atoms. The average Bonchev–Trinajstić information content (AvgIpc) is 2.81. The van der Waals surface area contributed by atoms with Crippen LogP contribution < -0.4 is 5.32 Å². The van der Waals surface area contributed by atoms with Crippen molar-refractivity contribution < 1.29 is 4.79 Å². The van der Waals surface area contributed by atoms with E-state index in [4.69, 9.17) is 0 Å². The highest BCUT2D eigenvalue weighted by atomic mass is 16.1. The predicted octanol–water partition coefficient (Wildman–Crippen LogP) is 0.0219. The third-order valence-electron chi connectivity index (χ3n) is 1.97. The molecule has 0 saturated heterocycles. The van der Waals surface area contributed by atoms with Crippen LogP contribution >= 0.6 is 0 Å². The van der Waals surface area contributed by atoms with Crippen LogP contribution in [0.3, 0.4) is 0 Å². The maximum atomic E-state index is 11.5. The normalized spacial score (nSPS) is 9.93. The van der Waals surface area contributed by atoms with Gasteiger partial charge in [0.15, 0.2) is 0 Å². The molecule has 76 valence electrons. The Morgan fingerprint density at radius 2 is 2.20 bits per heavy atom. The van der Waals surface area contributed by atoms with E-state index in [2.05, 4.69) is 20.8 Å². The number of rotatable bonds is 2. The molecule has 15 heavy (non-hydrogen) atoms. The fourth-order valence-electron chi connectivity index (χ4n) is 1.27. The molecule has 6 nitrogen and oxygen atoms in total. The fourth-order valence-corrected chi connectivity index (χ4v) is 1.27. The van der Waals surface area contributed by atoms with Gasteiger partial charge in [-0.25, -0.2) is 0 Å². The third-order valence-corrected chi connectivity index (χ3v) is 1.97. The minimum atomic E-state index is -0.166. The number of para-hydroxylation sites is 1. The van der Waals surface area contributed by atoms with E-state index in [0.29, 0.717) is 11.3 Å². The molecule has 1 amide bonds. The molecule has 0 radical (unpaired) electrons. The summed E-state index contributed by atoms with van der Waals surface area (Å²) in [5.41, 5.74) is 1.19. The van der Waals surface area contributed by atoms with Gasteiger partial charge in [0.1, 0.15) is 6.33 Å². The molecule has 1 aromatic heterocycles. The molecule has 0 unspecified atom stereocenters. The Kier molecular flexibility index (Phi) is 2.40. The van der Waals surface area contributed by atoms with E-state index in [0.717, 1.165) is 0 Å². The van der Waals surface area contributed by atoms with Crippen molar-refractivity contribution in [1.29, 1.82) is 0 Å². The Bertz CT molecular complexity index is 465. The lowest BCUT2D eigenvalue weighted by molar-refractivity contribution is 0.0963. The van der Waals surface area contributed by atoms with Crippen molar-refractivity contribution in [3.05, 3.63) is 36.2 Å². The summed E-state index contributed by atoms with van der Waals surface area (Å²) in [7, 11) is 1.58. The van der Waals surface area contributed by atoms with Gasteiger partial charge in [-0.05, 0) is 22.6 Å². The van der Waals surface area contributed by atoms with Gasteiger partial charge < -0.3 is 5.32 Å². The van der Waals surface area contributed by atoms with Crippen LogP contribution in [-0.2, 0) is 0 Å². The van der Waals surface area contributed by atoms with Crippen LogP contribution in [-0.4, -0.2) is 33.2 Å². The third kappa shape index (κ3) is 1.69. The summed E-state index contributed by atoms with van der Waals surface area (Å²) in [6.07, 6.45) is 1.45. The molecular formula is C9H9N5O. The van der Waals surface area contributed by atoms with Gasteiger partial charge in [0.05, 0.1) is 11.3 Å². The molecule has 0 saturated carbocycles. The van der Waals surface area contributed by atoms with E-state index in [9.17, 15) is 4.79 Å². The fraction of sp³-hybridized carbons (Fsp3) is 0.111. The van der Waals surface area contributed by atoms with E-state index in [-0.39, 0.29) is 5.91 Å². The number of carbonyl (C=O) groups is 1. The van der Waals surface area contributed by atoms with Crippen molar-refractivity contribution in [1.82, 2.24) is 25.5 Å². The summed E-state index contributed by atoms with van der Waals surface area (Å²) in [5.74, 6) is -0.166. The minimum absolute atomic E-state index is 0.166. The van der Waals surface area contributed by atoms with E-state index in [1.807, 2.05) is 6.07 Å². The van der Waals surface area contributed by atoms with Gasteiger partial charge in [-0.15, -0.1) is 5.10 Å². The molecule has 0 fully saturated rings. The first-order valence-corrected chi connectivity index (χ1v) is 4.37. The highest BCUT2D eigenvalue weighted by molar-refractivity contribution is 5.97. The van der Waals surface area contributed by atoms with Crippen molar-refractivity contribution in [3.63, 3.8) is 0 Å². The van der Waals surface area contributed by atoms with E-state index >= 15 is 0 Å². The predicted molar refractivity (Wildman–Crippen MR) is 52.5 cm³/mol. The molecule has 0 aliphatic carbocycles. The molecule has 2 aromatic rings. The van der Waals surface area contributed by atoms with Crippen LogP contribution in [0.4, 0.5) is 0 Å². The smallest absolute Gasteiger partial charge is 0.253 e. The van der Waals surface area contributed by atoms with Crippen LogP contribution in [0.15, 0.2) is 30.6 Å². The van der Waals surface area contributed by atoms with Gasteiger partial charge in [-0.1, -0.05) is 12.1 Å². The summed E-state index contributed by atoms with van der Waals surface area (Å²) in [6.45, 7) is 0. The van der Waals surface area contributed by atoms with Gasteiger partial charge in [0.25, 0.3) is 5.91 Å². The van der Waals surface area contributed by atoms with E-state index < -0.39 is 0 Å². The minimum Gasteiger partial charge on any atom is -0.355 e. The summed E-state index contributed by atoms with van der Waals surface area (Å²) >= 11 is 0. The second kappa shape index (κ2) is 3.87. The Morgan fingerprint density at radius 3 is 2.87 bits per heavy atom. The van der Waals surface area contributed by atoms with Crippen molar-refractivity contribution in [2.75, 3.05) is 7.05 Å². The molecule has 1 N–H and O–H groups in total. The van der Waals surface area contributed by atoms with Crippen LogP contribution in [0.1, 0.15) is 10.4 Å². The molecule has 2 rings (SSSR count). The number of hydrogen-bond acceptors (Lipinski definition) is 4. The van der Waals surface area contributed by atoms with Crippen molar-refractivity contribution in [2.24, 2.45) is 0 Å². The zero-order valence-corrected chi connectivity index (χ0v) is 8.08. The lowest BCUT2D eigenvalue weighted by Gasteiger charge is -2.05. The number of nitrogens with zero attached hydrogens (tertiary/aromatic N) is 4. The van der Waals surface area contributed by atoms with E-state index in [1.54, 1.807) is 25.2 Å². The first kappa shape index (κ1) is 9.32. The second-order valence-electron chi connectivity index (χ2n) is 2.85. The summed E-state index contributed by atoms with van der Waals surface area (Å²) < 4.78 is 1.45. The van der Waals surface area contributed by atoms with Gasteiger partial charge in [-0.2, -0.15) is 4.68 Å². The number of aromatic nitrogens is 4. The highest BCUT2D eigenvalue weighted by Crippen LogP contribution is 2.11. The van der Waals surface area contributed by atoms with Gasteiger partial charge >= 0.3 is 0 Å². The molecule has 6 heteroatoms. The topological polar surface area (TPSA) is 72.7 Å². The molecular weight excluding hydrogens is 194 g/mol. The van der Waals surface area contributed by atoms with E-state index in [1.165, 1.54) is 11.0 Å². The van der Waals surface area contributed by atoms with Crippen molar-refractivity contribution in [2.45, 2.75) is 0 Å². The summed E-state index contributed by atoms with van der Waals surface area (Å²) in [4.78, 5) is 11.5. The molecule has 1 heterocycles. The van der Waals surface area contributed by atoms with Crippen LogP contribution in [0, 0.1) is 0 Å². The number of benzene rings is 1. The maximum absolute atomic E-state index is 11.5. The second-order valence-corrected chi connectivity index (χ2v) is 2.85. The lowest BCUT2D eigenvalue weighted by atomic mass is 10.1. The van der Waals surface area contributed by atoms with Gasteiger partial charge in [-0.3, -0.25) is 4.79 Å². The Hall–Kier alpha value is -2.24. The Morgan fingerprint density at radius 1 is 1.40 bits per heavy atom. The molecule has 1 aromatic carbocycles. The number of nitrogens with one attached hydrogen (secondary N) is 1. The zero-order valence-electron chi connectivity index (χ0n) is 8.08. The Labute approximate surface area is 85.9 Å². The molecule has 0 bridgehead atoms. The average molecular weight is 203 g/mol. The summed E-state index contributed by atoms with van der Waals surface area (Å²) in [5, 5.41) is 13.4. The highest BCUT2D eigenvalue weighted by Gasteiger charge is 2.10. The van der Waals surface area contributed by atoms with Crippen LogP contribution in [0.5, 0.6) is 0 Å². The maximum Gasteiger partial charge on any atom is 0.253 e. The van der Waals surface area contributed by atoms with Gasteiger partial charge in [0, 0.05) is 7.05 Å². The number of carbonyl (C=O) groups excluding carboxylic acids is 1. The first-order chi connectivity index (χ1) is 7.33. The first-order valence-electron chi connectivity index (χ1n) is 4.37. The monoisotopic (exact) mass is 203 g/mol.